The van der Waals surface area contributed by atoms with Crippen LogP contribution in [0.4, 0.5) is 0 Å². The highest BCUT2D eigenvalue weighted by molar-refractivity contribution is 5.89. The van der Waals surface area contributed by atoms with Crippen molar-refractivity contribution < 1.29 is 24.3 Å². The van der Waals surface area contributed by atoms with Crippen LogP contribution >= 0.6 is 0 Å². The monoisotopic (exact) mass is 395 g/mol. The molecule has 8 nitrogen and oxygen atoms in total. The number of carbonyl (C=O) groups excluding carboxylic acids is 3. The van der Waals surface area contributed by atoms with Crippen molar-refractivity contribution in [3.05, 3.63) is 0 Å². The Kier molecular flexibility index (Phi) is 8.26. The van der Waals surface area contributed by atoms with Gasteiger partial charge in [0.2, 0.25) is 17.7 Å². The van der Waals surface area contributed by atoms with Gasteiger partial charge in [0.25, 0.3) is 0 Å². The van der Waals surface area contributed by atoms with E-state index in [2.05, 4.69) is 5.32 Å². The Morgan fingerprint density at radius 1 is 0.929 bits per heavy atom. The standard InChI is InChI=1S/C20H33N3O5/c1-14(2)12-18(25)23-10-8-22(9-11-23)17(24)6-4-3-5-7-21-19(26)15-13-16(15)20(27)28/h14-16H,3-13H2,1-2H3,(H,21,26)(H,27,28). The summed E-state index contributed by atoms with van der Waals surface area (Å²) in [5.41, 5.74) is 0. The molecule has 2 unspecified atom stereocenters. The molecule has 0 aromatic heterocycles. The number of piperazine rings is 1. The molecule has 0 radical (unpaired) electrons. The molecule has 2 fully saturated rings. The first-order valence-corrected chi connectivity index (χ1v) is 10.4. The van der Waals surface area contributed by atoms with Crippen molar-refractivity contribution in [1.82, 2.24) is 15.1 Å². The lowest BCUT2D eigenvalue weighted by atomic mass is 10.1. The summed E-state index contributed by atoms with van der Waals surface area (Å²) in [7, 11) is 0. The fraction of sp³-hybridized carbons (Fsp3) is 0.800. The molecule has 0 spiro atoms. The second-order valence-electron chi connectivity index (χ2n) is 8.25. The third-order valence-electron chi connectivity index (χ3n) is 5.38. The van der Waals surface area contributed by atoms with Crippen LogP contribution in [0.15, 0.2) is 0 Å². The molecule has 158 valence electrons. The summed E-state index contributed by atoms with van der Waals surface area (Å²) in [5, 5.41) is 11.6. The lowest BCUT2D eigenvalue weighted by Gasteiger charge is -2.35. The van der Waals surface area contributed by atoms with Crippen LogP contribution in [0.5, 0.6) is 0 Å². The Morgan fingerprint density at radius 2 is 1.54 bits per heavy atom. The van der Waals surface area contributed by atoms with Crippen molar-refractivity contribution in [2.45, 2.75) is 52.4 Å². The van der Waals surface area contributed by atoms with E-state index in [4.69, 9.17) is 5.11 Å². The van der Waals surface area contributed by atoms with Gasteiger partial charge in [0.05, 0.1) is 11.8 Å². The Hall–Kier alpha value is -2.12. The van der Waals surface area contributed by atoms with E-state index in [1.165, 1.54) is 0 Å². The number of unbranched alkanes of at least 4 members (excludes halogenated alkanes) is 2. The molecule has 2 N–H and O–H groups in total. The van der Waals surface area contributed by atoms with E-state index in [0.717, 1.165) is 19.3 Å². The molecule has 0 aromatic rings. The van der Waals surface area contributed by atoms with Crippen LogP contribution in [0, 0.1) is 17.8 Å². The fourth-order valence-electron chi connectivity index (χ4n) is 3.52. The molecule has 2 aliphatic rings. The van der Waals surface area contributed by atoms with Gasteiger partial charge >= 0.3 is 5.97 Å². The number of carboxylic acid groups (broad SMARTS) is 1. The molecule has 2 rings (SSSR count). The summed E-state index contributed by atoms with van der Waals surface area (Å²) in [5.74, 6) is -1.31. The molecule has 1 saturated heterocycles. The highest BCUT2D eigenvalue weighted by Gasteiger charge is 2.48. The maximum absolute atomic E-state index is 12.3. The highest BCUT2D eigenvalue weighted by Crippen LogP contribution is 2.38. The summed E-state index contributed by atoms with van der Waals surface area (Å²) in [6, 6.07) is 0. The number of aliphatic carboxylic acids is 1. The van der Waals surface area contributed by atoms with E-state index >= 15 is 0 Å². The molecule has 3 amide bonds. The smallest absolute Gasteiger partial charge is 0.307 e. The van der Waals surface area contributed by atoms with Gasteiger partial charge < -0.3 is 20.2 Å². The summed E-state index contributed by atoms with van der Waals surface area (Å²) in [6.45, 7) is 7.01. The van der Waals surface area contributed by atoms with Crippen molar-refractivity contribution in [2.24, 2.45) is 17.8 Å². The van der Waals surface area contributed by atoms with Gasteiger partial charge in [0.1, 0.15) is 0 Å². The molecule has 1 heterocycles. The van der Waals surface area contributed by atoms with Gasteiger partial charge in [-0.1, -0.05) is 20.3 Å². The highest BCUT2D eigenvalue weighted by atomic mass is 16.4. The molecular formula is C20H33N3O5. The average molecular weight is 396 g/mol. The molecule has 1 aliphatic carbocycles. The molecule has 2 atom stereocenters. The van der Waals surface area contributed by atoms with Crippen LogP contribution in [0.2, 0.25) is 0 Å². The number of amides is 3. The zero-order valence-corrected chi connectivity index (χ0v) is 17.0. The van der Waals surface area contributed by atoms with E-state index in [1.807, 2.05) is 23.6 Å². The number of nitrogens with one attached hydrogen (secondary N) is 1. The predicted octanol–water partition coefficient (Wildman–Crippen LogP) is 1.10. The van der Waals surface area contributed by atoms with Crippen LogP contribution in [0.25, 0.3) is 0 Å². The normalized spacial score (nSPS) is 21.5. The number of hydrogen-bond donors (Lipinski definition) is 2. The van der Waals surface area contributed by atoms with Crippen LogP contribution in [-0.2, 0) is 19.2 Å². The Bertz CT molecular complexity index is 584. The second kappa shape index (κ2) is 10.4. The topological polar surface area (TPSA) is 107 Å². The number of rotatable bonds is 10. The van der Waals surface area contributed by atoms with Gasteiger partial charge in [-0.2, -0.15) is 0 Å². The second-order valence-corrected chi connectivity index (χ2v) is 8.25. The van der Waals surface area contributed by atoms with Crippen LogP contribution in [-0.4, -0.2) is 71.3 Å². The quantitative estimate of drug-likeness (QED) is 0.539. The van der Waals surface area contributed by atoms with E-state index in [-0.39, 0.29) is 23.6 Å². The van der Waals surface area contributed by atoms with Gasteiger partial charge in [0.15, 0.2) is 0 Å². The average Bonchev–Trinajstić information content (AvgIpc) is 3.45. The molecule has 8 heteroatoms. The molecule has 1 saturated carbocycles. The largest absolute Gasteiger partial charge is 0.481 e. The first-order valence-electron chi connectivity index (χ1n) is 10.4. The van der Waals surface area contributed by atoms with Crippen molar-refractivity contribution in [3.8, 4) is 0 Å². The van der Waals surface area contributed by atoms with E-state index < -0.39 is 11.9 Å². The SMILES string of the molecule is CC(C)CC(=O)N1CCN(C(=O)CCCCCNC(=O)C2CC2C(=O)O)CC1. The van der Waals surface area contributed by atoms with Crippen molar-refractivity contribution in [1.29, 1.82) is 0 Å². The van der Waals surface area contributed by atoms with Gasteiger partial charge in [0, 0.05) is 45.6 Å². The van der Waals surface area contributed by atoms with E-state index in [1.54, 1.807) is 0 Å². The fourth-order valence-corrected chi connectivity index (χ4v) is 3.52. The minimum Gasteiger partial charge on any atom is -0.481 e. The van der Waals surface area contributed by atoms with Gasteiger partial charge in [-0.3, -0.25) is 19.2 Å². The first kappa shape index (κ1) is 22.2. The number of hydrogen-bond acceptors (Lipinski definition) is 4. The minimum absolute atomic E-state index is 0.127. The number of nitrogens with zero attached hydrogens (tertiary/aromatic N) is 2. The first-order chi connectivity index (χ1) is 13.3. The van der Waals surface area contributed by atoms with Crippen LogP contribution in [0.1, 0.15) is 52.4 Å². The van der Waals surface area contributed by atoms with Crippen molar-refractivity contribution in [3.63, 3.8) is 0 Å². The van der Waals surface area contributed by atoms with Crippen LogP contribution in [0.3, 0.4) is 0 Å². The maximum atomic E-state index is 12.3. The lowest BCUT2D eigenvalue weighted by molar-refractivity contribution is -0.140. The maximum Gasteiger partial charge on any atom is 0.307 e. The van der Waals surface area contributed by atoms with Crippen LogP contribution < -0.4 is 5.32 Å². The zero-order valence-electron chi connectivity index (χ0n) is 17.0. The molecule has 28 heavy (non-hydrogen) atoms. The summed E-state index contributed by atoms with van der Waals surface area (Å²) < 4.78 is 0. The van der Waals surface area contributed by atoms with Gasteiger partial charge in [-0.25, -0.2) is 0 Å². The van der Waals surface area contributed by atoms with E-state index in [9.17, 15) is 19.2 Å². The molecule has 0 aromatic carbocycles. The van der Waals surface area contributed by atoms with Gasteiger partial charge in [-0.15, -0.1) is 0 Å². The third-order valence-corrected chi connectivity index (χ3v) is 5.38. The summed E-state index contributed by atoms with van der Waals surface area (Å²) in [6.07, 6.45) is 3.86. The molecule has 0 bridgehead atoms. The third kappa shape index (κ3) is 6.80. The van der Waals surface area contributed by atoms with Crippen molar-refractivity contribution in [2.75, 3.05) is 32.7 Å². The lowest BCUT2D eigenvalue weighted by Crippen LogP contribution is -2.50. The molecular weight excluding hydrogens is 362 g/mol. The number of carboxylic acids is 1. The Balaban J connectivity index is 1.51. The van der Waals surface area contributed by atoms with Gasteiger partial charge in [-0.05, 0) is 25.2 Å². The van der Waals surface area contributed by atoms with Crippen molar-refractivity contribution >= 4 is 23.7 Å². The molecule has 1 aliphatic heterocycles. The minimum atomic E-state index is -0.899. The summed E-state index contributed by atoms with van der Waals surface area (Å²) in [4.78, 5) is 50.5. The summed E-state index contributed by atoms with van der Waals surface area (Å²) >= 11 is 0. The Morgan fingerprint density at radius 3 is 2.07 bits per heavy atom. The zero-order chi connectivity index (χ0) is 20.7. The predicted molar refractivity (Wildman–Crippen MR) is 103 cm³/mol. The number of carbonyl (C=O) groups is 4. The Labute approximate surface area is 166 Å². The van der Waals surface area contributed by atoms with E-state index in [0.29, 0.717) is 57.9 Å².